The molecule has 1 atom stereocenters. The van der Waals surface area contributed by atoms with Gasteiger partial charge in [0, 0.05) is 6.20 Å². The number of nitrogens with zero attached hydrogens (tertiary/aromatic N) is 1. The molecule has 1 aromatic heterocycles. The third-order valence-corrected chi connectivity index (χ3v) is 1.62. The molecule has 0 saturated carbocycles. The van der Waals surface area contributed by atoms with E-state index in [1.807, 2.05) is 0 Å². The zero-order valence-electron chi connectivity index (χ0n) is 4.61. The summed E-state index contributed by atoms with van der Waals surface area (Å²) in [7, 11) is -2.57. The highest BCUT2D eigenvalue weighted by molar-refractivity contribution is 7.47. The molecule has 4 heteroatoms. The molecule has 0 fully saturated rings. The Morgan fingerprint density at radius 2 is 2.33 bits per heavy atom. The minimum absolute atomic E-state index is 0.266. The van der Waals surface area contributed by atoms with E-state index in [0.717, 1.165) is 0 Å². The van der Waals surface area contributed by atoms with Crippen LogP contribution in [-0.4, -0.2) is 9.88 Å². The van der Waals surface area contributed by atoms with Gasteiger partial charge in [0.2, 0.25) is 8.03 Å². The van der Waals surface area contributed by atoms with Crippen LogP contribution >= 0.6 is 8.03 Å². The quantitative estimate of drug-likeness (QED) is 0.570. The van der Waals surface area contributed by atoms with Crippen molar-refractivity contribution in [1.29, 1.82) is 0 Å². The summed E-state index contributed by atoms with van der Waals surface area (Å²) in [5, 5.41) is 0. The van der Waals surface area contributed by atoms with Crippen LogP contribution in [-0.2, 0) is 4.57 Å². The van der Waals surface area contributed by atoms with Gasteiger partial charge in [0.1, 0.15) is 5.44 Å². The summed E-state index contributed by atoms with van der Waals surface area (Å²) >= 11 is 0. The molecule has 0 bridgehead atoms. The second-order valence-corrected chi connectivity index (χ2v) is 2.64. The van der Waals surface area contributed by atoms with Crippen molar-refractivity contribution in [3.63, 3.8) is 0 Å². The fourth-order valence-electron chi connectivity index (χ4n) is 0.489. The van der Waals surface area contributed by atoms with Crippen LogP contribution in [0.3, 0.4) is 0 Å². The molecule has 1 aromatic rings. The van der Waals surface area contributed by atoms with Crippen molar-refractivity contribution in [2.75, 3.05) is 0 Å². The first-order valence-corrected chi connectivity index (χ1v) is 3.80. The first-order chi connectivity index (χ1) is 4.30. The van der Waals surface area contributed by atoms with Crippen molar-refractivity contribution in [2.24, 2.45) is 0 Å². The van der Waals surface area contributed by atoms with Gasteiger partial charge in [0.05, 0.1) is 0 Å². The molecule has 1 unspecified atom stereocenters. The van der Waals surface area contributed by atoms with E-state index in [1.54, 1.807) is 12.1 Å². The van der Waals surface area contributed by atoms with Crippen molar-refractivity contribution in [1.82, 2.24) is 4.98 Å². The van der Waals surface area contributed by atoms with Crippen LogP contribution in [0, 0.1) is 0 Å². The van der Waals surface area contributed by atoms with Crippen molar-refractivity contribution in [2.45, 2.75) is 0 Å². The molecule has 9 heavy (non-hydrogen) atoms. The van der Waals surface area contributed by atoms with E-state index in [2.05, 4.69) is 4.98 Å². The second-order valence-electron chi connectivity index (χ2n) is 1.52. The van der Waals surface area contributed by atoms with Crippen LogP contribution in [0.4, 0.5) is 0 Å². The normalized spacial score (nSPS) is 13.0. The van der Waals surface area contributed by atoms with E-state index in [1.165, 1.54) is 12.3 Å². The van der Waals surface area contributed by atoms with Gasteiger partial charge in [-0.3, -0.25) is 9.55 Å². The number of hydrogen-bond donors (Lipinski definition) is 1. The van der Waals surface area contributed by atoms with Gasteiger partial charge in [-0.25, -0.2) is 0 Å². The smallest absolute Gasteiger partial charge is 0.236 e. The molecule has 0 aliphatic rings. The molecule has 0 amide bonds. The number of rotatable bonds is 1. The lowest BCUT2D eigenvalue weighted by Crippen LogP contribution is -1.98. The van der Waals surface area contributed by atoms with Gasteiger partial charge in [0.25, 0.3) is 0 Å². The minimum Gasteiger partial charge on any atom is -0.342 e. The van der Waals surface area contributed by atoms with E-state index in [-0.39, 0.29) is 5.44 Å². The van der Waals surface area contributed by atoms with Crippen LogP contribution < -0.4 is 5.44 Å². The Bertz CT molecular complexity index is 211. The fourth-order valence-corrected chi connectivity index (χ4v) is 0.913. The second kappa shape index (κ2) is 2.76. The summed E-state index contributed by atoms with van der Waals surface area (Å²) in [6.07, 6.45) is 1.49. The van der Waals surface area contributed by atoms with Gasteiger partial charge >= 0.3 is 0 Å². The zero-order valence-corrected chi connectivity index (χ0v) is 5.61. The monoisotopic (exact) mass is 143 g/mol. The first-order valence-electron chi connectivity index (χ1n) is 2.45. The Morgan fingerprint density at radius 1 is 1.56 bits per heavy atom. The first kappa shape index (κ1) is 6.46. The van der Waals surface area contributed by atoms with Gasteiger partial charge < -0.3 is 4.89 Å². The summed E-state index contributed by atoms with van der Waals surface area (Å²) in [5.74, 6) is 0. The van der Waals surface area contributed by atoms with Crippen LogP contribution in [0.15, 0.2) is 24.4 Å². The lowest BCUT2D eigenvalue weighted by atomic mass is 10.5. The molecule has 1 N–H and O–H groups in total. The Kier molecular flexibility index (Phi) is 1.98. The number of hydrogen-bond acceptors (Lipinski definition) is 2. The predicted molar refractivity (Wildman–Crippen MR) is 35.1 cm³/mol. The molecule has 48 valence electrons. The minimum atomic E-state index is -2.57. The van der Waals surface area contributed by atoms with E-state index < -0.39 is 8.03 Å². The summed E-state index contributed by atoms with van der Waals surface area (Å²) in [6.45, 7) is 0. The molecule has 0 radical (unpaired) electrons. The number of pyridine rings is 1. The Balaban J connectivity index is 2.98. The van der Waals surface area contributed by atoms with E-state index in [9.17, 15) is 4.57 Å². The molecule has 0 saturated heterocycles. The maximum absolute atomic E-state index is 10.3. The lowest BCUT2D eigenvalue weighted by molar-refractivity contribution is 0.512. The van der Waals surface area contributed by atoms with E-state index in [0.29, 0.717) is 0 Å². The Morgan fingerprint density at radius 3 is 2.67 bits per heavy atom. The average Bonchev–Trinajstić information content (AvgIpc) is 1.90. The van der Waals surface area contributed by atoms with Crippen LogP contribution in [0.1, 0.15) is 0 Å². The standard InChI is InChI=1S/C5H6NO2P/c7-9(8)5-3-1-2-4-6-5/h1-4,9H,(H,7,8). The molecular weight excluding hydrogens is 137 g/mol. The molecule has 0 aromatic carbocycles. The molecular formula is C5H6NO2P. The maximum Gasteiger partial charge on any atom is 0.236 e. The average molecular weight is 143 g/mol. The highest BCUT2D eigenvalue weighted by Crippen LogP contribution is 2.08. The Hall–Kier alpha value is -0.660. The summed E-state index contributed by atoms with van der Waals surface area (Å²) in [4.78, 5) is 12.2. The zero-order chi connectivity index (χ0) is 6.69. The van der Waals surface area contributed by atoms with Gasteiger partial charge in [-0.15, -0.1) is 0 Å². The van der Waals surface area contributed by atoms with Gasteiger partial charge in [-0.1, -0.05) is 6.07 Å². The molecule has 1 heterocycles. The third-order valence-electron chi connectivity index (χ3n) is 0.884. The maximum atomic E-state index is 10.3. The van der Waals surface area contributed by atoms with Crippen molar-refractivity contribution in [3.05, 3.63) is 24.4 Å². The SMILES string of the molecule is O=[PH](O)c1ccccn1. The molecule has 1 rings (SSSR count). The summed E-state index contributed by atoms with van der Waals surface area (Å²) < 4.78 is 10.3. The van der Waals surface area contributed by atoms with Gasteiger partial charge in [-0.05, 0) is 12.1 Å². The molecule has 0 aliphatic heterocycles. The summed E-state index contributed by atoms with van der Waals surface area (Å²) in [5.41, 5.74) is 0.266. The number of aromatic nitrogens is 1. The highest BCUT2D eigenvalue weighted by Gasteiger charge is 1.94. The highest BCUT2D eigenvalue weighted by atomic mass is 31.1. The topological polar surface area (TPSA) is 50.2 Å². The Labute approximate surface area is 53.2 Å². The molecule has 3 nitrogen and oxygen atoms in total. The largest absolute Gasteiger partial charge is 0.342 e. The van der Waals surface area contributed by atoms with Gasteiger partial charge in [-0.2, -0.15) is 0 Å². The molecule has 0 spiro atoms. The predicted octanol–water partition coefficient (Wildman–Crippen LogP) is 0.174. The lowest BCUT2D eigenvalue weighted by Gasteiger charge is -1.89. The fraction of sp³-hybridized carbons (Fsp3) is 0. The van der Waals surface area contributed by atoms with Crippen molar-refractivity contribution < 1.29 is 9.46 Å². The summed E-state index contributed by atoms with van der Waals surface area (Å²) in [6, 6.07) is 4.91. The van der Waals surface area contributed by atoms with Crippen LogP contribution in [0.5, 0.6) is 0 Å². The van der Waals surface area contributed by atoms with Gasteiger partial charge in [0.15, 0.2) is 0 Å². The van der Waals surface area contributed by atoms with Crippen LogP contribution in [0.25, 0.3) is 0 Å². The van der Waals surface area contributed by atoms with E-state index >= 15 is 0 Å². The van der Waals surface area contributed by atoms with Crippen LogP contribution in [0.2, 0.25) is 0 Å². The van der Waals surface area contributed by atoms with Crippen molar-refractivity contribution in [3.8, 4) is 0 Å². The van der Waals surface area contributed by atoms with Crippen molar-refractivity contribution >= 4 is 13.5 Å². The van der Waals surface area contributed by atoms with E-state index in [4.69, 9.17) is 4.89 Å². The molecule has 0 aliphatic carbocycles. The third kappa shape index (κ3) is 1.63.